The van der Waals surface area contributed by atoms with E-state index in [9.17, 15) is 0 Å². The van der Waals surface area contributed by atoms with Crippen LogP contribution in [0.5, 0.6) is 0 Å². The molecule has 4 fully saturated rings. The molecule has 0 saturated heterocycles. The number of para-hydroxylation sites is 4. The lowest BCUT2D eigenvalue weighted by Gasteiger charge is -2.51. The molecule has 126 heavy (non-hydrogen) atoms. The molecule has 4 saturated carbocycles. The summed E-state index contributed by atoms with van der Waals surface area (Å²) in [7, 11) is 0. The highest BCUT2D eigenvalue weighted by atomic mass is 32.2. The summed E-state index contributed by atoms with van der Waals surface area (Å²) in [5.74, 6) is 0. The second kappa shape index (κ2) is 28.5. The fourth-order valence-electron chi connectivity index (χ4n) is 28.2. The van der Waals surface area contributed by atoms with E-state index in [1.54, 1.807) is 0 Å². The molecule has 17 aromatic rings. The van der Waals surface area contributed by atoms with Crippen LogP contribution in [0.15, 0.2) is 303 Å². The monoisotopic (exact) mass is 1710 g/mol. The Hall–Kier alpha value is -10.6. The molecular formula is C118H106N4S4. The zero-order valence-electron chi connectivity index (χ0n) is 73.6. The second-order valence-corrected chi connectivity index (χ2v) is 43.2. The Morgan fingerprint density at radius 2 is 0.421 bits per heavy atom. The molecule has 0 N–H and O–H groups in total. The van der Waals surface area contributed by atoms with E-state index in [0.29, 0.717) is 0 Å². The van der Waals surface area contributed by atoms with Crippen molar-refractivity contribution in [3.63, 3.8) is 0 Å². The summed E-state index contributed by atoms with van der Waals surface area (Å²) < 4.78 is -0.501. The van der Waals surface area contributed by atoms with Crippen molar-refractivity contribution in [2.24, 2.45) is 0 Å². The molecular weight excluding hydrogens is 1600 g/mol. The molecule has 8 unspecified atom stereocenters. The summed E-state index contributed by atoms with van der Waals surface area (Å²) in [6.45, 7) is 10.4. The number of hydrogen-bond donors (Lipinski definition) is 0. The van der Waals surface area contributed by atoms with Gasteiger partial charge in [0.05, 0.1) is 41.1 Å². The maximum atomic E-state index is 2.76. The Balaban J connectivity index is 0.801. The average molecular weight is 1710 g/mol. The number of hydrogen-bond acceptors (Lipinski definition) is 8. The Labute approximate surface area is 759 Å². The molecule has 17 aromatic carbocycles. The van der Waals surface area contributed by atoms with E-state index < -0.39 is 0 Å². The van der Waals surface area contributed by atoms with Crippen molar-refractivity contribution in [3.05, 3.63) is 326 Å². The molecule has 8 aliphatic rings. The first-order valence-corrected chi connectivity index (χ1v) is 51.4. The summed E-state index contributed by atoms with van der Waals surface area (Å²) in [6, 6.07) is 120. The second-order valence-electron chi connectivity index (χ2n) is 38.8. The van der Waals surface area contributed by atoms with Gasteiger partial charge in [0.1, 0.15) is 0 Å². The van der Waals surface area contributed by atoms with Crippen LogP contribution in [0.25, 0.3) is 131 Å². The van der Waals surface area contributed by atoms with E-state index in [2.05, 4.69) is 423 Å². The Kier molecular flexibility index (Phi) is 17.6. The van der Waals surface area contributed by atoms with Gasteiger partial charge < -0.3 is 19.6 Å². The van der Waals surface area contributed by atoms with Crippen LogP contribution >= 0.6 is 47.0 Å². The van der Waals surface area contributed by atoms with Gasteiger partial charge in [-0.15, -0.1) is 0 Å². The molecule has 0 amide bonds. The Morgan fingerprint density at radius 1 is 0.206 bits per heavy atom. The molecule has 622 valence electrons. The highest BCUT2D eigenvalue weighted by Crippen LogP contribution is 2.72. The third-order valence-corrected chi connectivity index (χ3v) is 39.9. The molecule has 0 radical (unpaired) electrons. The van der Waals surface area contributed by atoms with E-state index in [0.717, 1.165) is 51.4 Å². The van der Waals surface area contributed by atoms with Gasteiger partial charge in [-0.3, -0.25) is 0 Å². The molecule has 8 heteroatoms. The zero-order chi connectivity index (χ0) is 84.6. The lowest BCUT2D eigenvalue weighted by atomic mass is 9.71. The third kappa shape index (κ3) is 10.1. The van der Waals surface area contributed by atoms with Crippen LogP contribution in [0.1, 0.15) is 153 Å². The lowest BCUT2D eigenvalue weighted by Crippen LogP contribution is -2.54. The molecule has 4 heterocycles. The third-order valence-electron chi connectivity index (χ3n) is 33.6. The van der Waals surface area contributed by atoms with Crippen molar-refractivity contribution in [2.75, 3.05) is 44.6 Å². The number of fused-ring (bicyclic) bond motifs is 18. The van der Waals surface area contributed by atoms with Gasteiger partial charge in [0.15, 0.2) is 0 Å². The molecule has 8 atom stereocenters. The first-order valence-electron chi connectivity index (χ1n) is 46.5. The van der Waals surface area contributed by atoms with Gasteiger partial charge in [-0.1, -0.05) is 258 Å². The predicted molar refractivity (Wildman–Crippen MR) is 549 cm³/mol. The number of thioether (sulfide) groups is 4. The number of benzene rings is 15. The quantitative estimate of drug-likeness (QED) is 0.105. The highest BCUT2D eigenvalue weighted by Gasteiger charge is 2.65. The first-order chi connectivity index (χ1) is 61.7. The van der Waals surface area contributed by atoms with Crippen molar-refractivity contribution < 1.29 is 0 Å². The Bertz CT molecular complexity index is 6470. The van der Waals surface area contributed by atoms with Gasteiger partial charge in [0.25, 0.3) is 0 Å². The Morgan fingerprint density at radius 3 is 0.643 bits per heavy atom. The highest BCUT2D eigenvalue weighted by molar-refractivity contribution is 8.00. The molecule has 0 aromatic heterocycles. The molecule has 4 aliphatic heterocycles. The van der Waals surface area contributed by atoms with E-state index in [1.807, 2.05) is 0 Å². The van der Waals surface area contributed by atoms with Gasteiger partial charge in [-0.25, -0.2) is 0 Å². The van der Waals surface area contributed by atoms with Gasteiger partial charge in [0, 0.05) is 45.5 Å². The van der Waals surface area contributed by atoms with Crippen LogP contribution in [-0.2, 0) is 19.0 Å². The molecule has 0 spiro atoms. The topological polar surface area (TPSA) is 13.0 Å². The van der Waals surface area contributed by atoms with Crippen LogP contribution in [0, 0.1) is 0 Å². The van der Waals surface area contributed by atoms with Crippen molar-refractivity contribution in [1.29, 1.82) is 0 Å². The fourth-order valence-corrected chi connectivity index (χ4v) is 33.7. The molecule has 4 aliphatic carbocycles. The van der Waals surface area contributed by atoms with Crippen LogP contribution in [0.2, 0.25) is 0 Å². The van der Waals surface area contributed by atoms with Gasteiger partial charge in [-0.05, 0) is 355 Å². The van der Waals surface area contributed by atoms with E-state index in [1.165, 1.54) is 251 Å². The van der Waals surface area contributed by atoms with Crippen molar-refractivity contribution in [1.82, 2.24) is 0 Å². The minimum atomic E-state index is -0.127. The molecule has 25 rings (SSSR count). The van der Waals surface area contributed by atoms with E-state index in [-0.39, 0.29) is 41.1 Å². The van der Waals surface area contributed by atoms with E-state index in [4.69, 9.17) is 0 Å². The van der Waals surface area contributed by atoms with Crippen LogP contribution in [0.4, 0.5) is 45.5 Å². The van der Waals surface area contributed by atoms with Gasteiger partial charge in [0.2, 0.25) is 0 Å². The maximum absolute atomic E-state index is 2.76. The zero-order valence-corrected chi connectivity index (χ0v) is 76.9. The smallest absolute Gasteiger partial charge is 0.0658 e. The summed E-state index contributed by atoms with van der Waals surface area (Å²) >= 11 is 8.41. The summed E-state index contributed by atoms with van der Waals surface area (Å²) in [5, 5.41) is 15.9. The van der Waals surface area contributed by atoms with Crippen molar-refractivity contribution in [2.45, 2.75) is 172 Å². The summed E-state index contributed by atoms with van der Waals surface area (Å²) in [4.78, 5) is 11.0. The van der Waals surface area contributed by atoms with E-state index >= 15 is 0 Å². The van der Waals surface area contributed by atoms with Crippen molar-refractivity contribution in [3.8, 4) is 66.8 Å². The van der Waals surface area contributed by atoms with Gasteiger partial charge >= 0.3 is 0 Å². The maximum Gasteiger partial charge on any atom is 0.0658 e. The minimum absolute atomic E-state index is 0.125. The normalized spacial score (nSPS) is 25.3. The predicted octanol–water partition coefficient (Wildman–Crippen LogP) is 33.7. The fraction of sp³-hybridized carbons (Fsp3) is 0.271. The number of rotatable bonds is 14. The summed E-state index contributed by atoms with van der Waals surface area (Å²) in [6.07, 6.45) is 28.4. The van der Waals surface area contributed by atoms with Crippen molar-refractivity contribution >= 4 is 157 Å². The van der Waals surface area contributed by atoms with Crippen LogP contribution in [-0.4, -0.2) is 47.2 Å². The van der Waals surface area contributed by atoms with Crippen LogP contribution in [0.3, 0.4) is 0 Å². The van der Waals surface area contributed by atoms with Gasteiger partial charge in [-0.2, -0.15) is 47.0 Å². The SMILES string of the molecule is CSC12CCCCC1(C)N(c1ccccc1)c1ccc(-c3ccc4c5c(-c6ccccc6)c6c7ccc(-c8ccc9c(c8)C8(SC)CCCCC8(C)N9c8ccccc8)c8c(-c9ccc%10c(c9)C9(SC)CCCCC9(C)N%10c9ccccc9)ccc(c6c(-c6ccccc6)c5c5ccc(-c6ccc9c(c6)C6(SC)CCCCC6(C)N9c6ccccc6)c3c45)c87)cc12. The average Bonchev–Trinajstić information content (AvgIpc) is 1.52. The molecule has 4 nitrogen and oxygen atoms in total. The largest absolute Gasteiger partial charge is 0.334 e. The standard InChI is InChI=1S/C118H106N4S4/c1-111-63-27-31-67-115(111,123-5)93-71-77(47-59-97(93)119(111)81-39-19-11-20-40-81)85-51-55-89-105-90(56-52-86(103(85)105)78-48-60-98-94(72-78)116(124-6)68-32-28-64-112(116,2)120(98)82-41-21-12-22-42-82)108-102(76-37-17-10-18-38-76)110-92-58-54-88(80-50-62-100-96(74-80)118(126-8)70-34-30-66-114(118,4)122(100)84-45-25-14-26-46-84)104-87(53-57-91(106(92)104)109(110)101(107(89)108)75-35-15-9-16-36-75)79-49-61-99-95(73-79)117(125-7)69-33-29-65-113(117,3)121(99)83-43-23-13-24-44-83/h9-26,35-62,71-74H,27-34,63-70H2,1-8H3. The minimum Gasteiger partial charge on any atom is -0.334 e. The number of anilines is 8. The van der Waals surface area contributed by atoms with Crippen LogP contribution < -0.4 is 19.6 Å². The lowest BCUT2D eigenvalue weighted by molar-refractivity contribution is 0.262. The number of nitrogens with zero attached hydrogens (tertiary/aromatic N) is 4. The first kappa shape index (κ1) is 77.7. The molecule has 0 bridgehead atoms. The summed E-state index contributed by atoms with van der Waals surface area (Å²) in [5.41, 5.74) is 31.3.